The van der Waals surface area contributed by atoms with Gasteiger partial charge in [-0.1, -0.05) is 6.92 Å². The Bertz CT molecular complexity index is 541. The molecule has 6 nitrogen and oxygen atoms in total. The van der Waals surface area contributed by atoms with Gasteiger partial charge in [-0.25, -0.2) is 18.4 Å². The molecule has 0 aromatic carbocycles. The summed E-state index contributed by atoms with van der Waals surface area (Å²) < 4.78 is 22.8. The zero-order chi connectivity index (χ0) is 13.9. The van der Waals surface area contributed by atoms with Crippen LogP contribution in [0.5, 0.6) is 0 Å². The van der Waals surface area contributed by atoms with Crippen LogP contribution in [0.15, 0.2) is 6.07 Å². The van der Waals surface area contributed by atoms with Gasteiger partial charge >= 0.3 is 0 Å². The minimum Gasteiger partial charge on any atom is -0.373 e. The monoisotopic (exact) mass is 284 g/mol. The van der Waals surface area contributed by atoms with Gasteiger partial charge in [0.15, 0.2) is 9.84 Å². The lowest BCUT2D eigenvalue weighted by Gasteiger charge is -2.09. The van der Waals surface area contributed by atoms with E-state index < -0.39 is 9.84 Å². The first kappa shape index (κ1) is 14.0. The molecule has 19 heavy (non-hydrogen) atoms. The van der Waals surface area contributed by atoms with Crippen LogP contribution in [0, 0.1) is 0 Å². The molecule has 7 heteroatoms. The fraction of sp³-hybridized carbons (Fsp3) is 0.667. The third-order valence-corrected chi connectivity index (χ3v) is 4.81. The van der Waals surface area contributed by atoms with Gasteiger partial charge in [0.25, 0.3) is 0 Å². The number of nitrogens with one attached hydrogen (secondary N) is 2. The van der Waals surface area contributed by atoms with E-state index in [0.29, 0.717) is 18.3 Å². The van der Waals surface area contributed by atoms with Gasteiger partial charge in [-0.2, -0.15) is 0 Å². The molecule has 0 radical (unpaired) electrons. The van der Waals surface area contributed by atoms with Crippen LogP contribution < -0.4 is 10.6 Å². The molecule has 2 rings (SSSR count). The van der Waals surface area contributed by atoms with Crippen LogP contribution in [0.2, 0.25) is 0 Å². The highest BCUT2D eigenvalue weighted by atomic mass is 32.2. The second-order valence-electron chi connectivity index (χ2n) is 4.68. The lowest BCUT2D eigenvalue weighted by Crippen LogP contribution is -2.18. The number of hydrogen-bond donors (Lipinski definition) is 2. The number of anilines is 2. The van der Waals surface area contributed by atoms with E-state index in [0.717, 1.165) is 24.5 Å². The summed E-state index contributed by atoms with van der Waals surface area (Å²) in [6.07, 6.45) is 2.27. The Kier molecular flexibility index (Phi) is 4.24. The van der Waals surface area contributed by atoms with Crippen LogP contribution in [-0.4, -0.2) is 43.5 Å². The molecule has 106 valence electrons. The summed E-state index contributed by atoms with van der Waals surface area (Å²) in [6, 6.07) is 1.80. The third-order valence-electron chi connectivity index (χ3n) is 3.10. The molecule has 0 unspecified atom stereocenters. The van der Waals surface area contributed by atoms with Crippen molar-refractivity contribution < 1.29 is 8.42 Å². The molecule has 0 bridgehead atoms. The Morgan fingerprint density at radius 2 is 2.00 bits per heavy atom. The van der Waals surface area contributed by atoms with Gasteiger partial charge in [0.2, 0.25) is 0 Å². The Hall–Kier alpha value is -1.37. The van der Waals surface area contributed by atoms with E-state index in [1.54, 1.807) is 13.0 Å². The first-order valence-corrected chi connectivity index (χ1v) is 8.37. The zero-order valence-corrected chi connectivity index (χ0v) is 12.1. The van der Waals surface area contributed by atoms with E-state index in [1.807, 2.05) is 7.05 Å². The molecule has 0 atom stereocenters. The largest absolute Gasteiger partial charge is 0.373 e. The predicted molar refractivity (Wildman–Crippen MR) is 76.4 cm³/mol. The average molecular weight is 284 g/mol. The molecule has 1 fully saturated rings. The molecule has 1 aliphatic rings. The quantitative estimate of drug-likeness (QED) is 0.784. The van der Waals surface area contributed by atoms with Gasteiger partial charge in [-0.15, -0.1) is 0 Å². The first-order chi connectivity index (χ1) is 9.04. The standard InChI is InChI=1S/C12H20N4O2S/c1-3-19(17,18)7-6-14-11-8-10(13-2)15-12(16-11)9-4-5-9/h8-9H,3-7H2,1-2H3,(H2,13,14,15,16). The van der Waals surface area contributed by atoms with Gasteiger partial charge in [0.05, 0.1) is 5.75 Å². The van der Waals surface area contributed by atoms with E-state index in [4.69, 9.17) is 0 Å². The third kappa shape index (κ3) is 4.05. The summed E-state index contributed by atoms with van der Waals surface area (Å²) in [5.41, 5.74) is 0. The van der Waals surface area contributed by atoms with Crippen molar-refractivity contribution in [1.82, 2.24) is 9.97 Å². The summed E-state index contributed by atoms with van der Waals surface area (Å²) >= 11 is 0. The summed E-state index contributed by atoms with van der Waals surface area (Å²) in [7, 11) is -1.13. The topological polar surface area (TPSA) is 84.0 Å². The molecule has 0 spiro atoms. The average Bonchev–Trinajstić information content (AvgIpc) is 3.22. The van der Waals surface area contributed by atoms with Gasteiger partial charge in [-0.3, -0.25) is 0 Å². The predicted octanol–water partition coefficient (Wildman–Crippen LogP) is 1.24. The maximum absolute atomic E-state index is 11.4. The maximum Gasteiger partial charge on any atom is 0.151 e. The van der Waals surface area contributed by atoms with Crippen molar-refractivity contribution in [3.63, 3.8) is 0 Å². The highest BCUT2D eigenvalue weighted by Gasteiger charge is 2.27. The lowest BCUT2D eigenvalue weighted by molar-refractivity contribution is 0.597. The van der Waals surface area contributed by atoms with Crippen LogP contribution in [0.1, 0.15) is 31.5 Å². The summed E-state index contributed by atoms with van der Waals surface area (Å²) in [4.78, 5) is 8.84. The normalized spacial score (nSPS) is 15.3. The number of nitrogens with zero attached hydrogens (tertiary/aromatic N) is 2. The molecule has 1 aliphatic carbocycles. The second kappa shape index (κ2) is 5.73. The van der Waals surface area contributed by atoms with Crippen LogP contribution in [0.3, 0.4) is 0 Å². The lowest BCUT2D eigenvalue weighted by atomic mass is 10.3. The molecule has 1 aromatic rings. The number of rotatable bonds is 7. The molecule has 1 heterocycles. The van der Waals surface area contributed by atoms with E-state index in [-0.39, 0.29) is 11.5 Å². The number of hydrogen-bond acceptors (Lipinski definition) is 6. The summed E-state index contributed by atoms with van der Waals surface area (Å²) in [6.45, 7) is 2.03. The van der Waals surface area contributed by atoms with Crippen molar-refractivity contribution in [3.8, 4) is 0 Å². The van der Waals surface area contributed by atoms with Crippen molar-refractivity contribution >= 4 is 21.5 Å². The smallest absolute Gasteiger partial charge is 0.151 e. The van der Waals surface area contributed by atoms with Gasteiger partial charge in [0, 0.05) is 31.3 Å². The molecule has 2 N–H and O–H groups in total. The Balaban J connectivity index is 2.01. The highest BCUT2D eigenvalue weighted by molar-refractivity contribution is 7.91. The molecule has 1 saturated carbocycles. The molecule has 1 aromatic heterocycles. The van der Waals surface area contributed by atoms with Gasteiger partial charge in [0.1, 0.15) is 17.5 Å². The number of aromatic nitrogens is 2. The summed E-state index contributed by atoms with van der Waals surface area (Å²) in [5.74, 6) is 3.06. The van der Waals surface area contributed by atoms with Crippen molar-refractivity contribution in [3.05, 3.63) is 11.9 Å². The van der Waals surface area contributed by atoms with Crippen molar-refractivity contribution in [2.24, 2.45) is 0 Å². The van der Waals surface area contributed by atoms with E-state index in [9.17, 15) is 8.42 Å². The maximum atomic E-state index is 11.4. The molecule has 0 aliphatic heterocycles. The first-order valence-electron chi connectivity index (χ1n) is 6.55. The highest BCUT2D eigenvalue weighted by Crippen LogP contribution is 2.38. The van der Waals surface area contributed by atoms with E-state index in [2.05, 4.69) is 20.6 Å². The SMILES string of the molecule is CCS(=O)(=O)CCNc1cc(NC)nc(C2CC2)n1. The minimum atomic E-state index is -2.94. The fourth-order valence-corrected chi connectivity index (χ4v) is 2.39. The molecule has 0 amide bonds. The van der Waals surface area contributed by atoms with E-state index in [1.165, 1.54) is 0 Å². The Morgan fingerprint density at radius 1 is 1.32 bits per heavy atom. The van der Waals surface area contributed by atoms with Crippen molar-refractivity contribution in [2.45, 2.75) is 25.7 Å². The summed E-state index contributed by atoms with van der Waals surface area (Å²) in [5, 5.41) is 6.06. The van der Waals surface area contributed by atoms with Crippen LogP contribution in [-0.2, 0) is 9.84 Å². The Labute approximate surface area is 114 Å². The Morgan fingerprint density at radius 3 is 2.58 bits per heavy atom. The van der Waals surface area contributed by atoms with Crippen LogP contribution >= 0.6 is 0 Å². The fourth-order valence-electron chi connectivity index (χ4n) is 1.69. The van der Waals surface area contributed by atoms with Crippen LogP contribution in [0.4, 0.5) is 11.6 Å². The minimum absolute atomic E-state index is 0.126. The van der Waals surface area contributed by atoms with Gasteiger partial charge < -0.3 is 10.6 Å². The molecular formula is C12H20N4O2S. The van der Waals surface area contributed by atoms with Crippen LogP contribution in [0.25, 0.3) is 0 Å². The molecular weight excluding hydrogens is 264 g/mol. The van der Waals surface area contributed by atoms with Crippen molar-refractivity contribution in [2.75, 3.05) is 35.7 Å². The van der Waals surface area contributed by atoms with E-state index >= 15 is 0 Å². The second-order valence-corrected chi connectivity index (χ2v) is 7.16. The molecule has 0 saturated heterocycles. The number of sulfone groups is 1. The van der Waals surface area contributed by atoms with Gasteiger partial charge in [-0.05, 0) is 12.8 Å². The zero-order valence-electron chi connectivity index (χ0n) is 11.3. The van der Waals surface area contributed by atoms with Crippen molar-refractivity contribution in [1.29, 1.82) is 0 Å².